The van der Waals surface area contributed by atoms with Crippen molar-refractivity contribution in [2.24, 2.45) is 11.3 Å². The van der Waals surface area contributed by atoms with Crippen LogP contribution < -0.4 is 0 Å². The summed E-state index contributed by atoms with van der Waals surface area (Å²) in [6, 6.07) is 0. The Morgan fingerprint density at radius 3 is 2.12 bits per heavy atom. The first kappa shape index (κ1) is 28.7. The summed E-state index contributed by atoms with van der Waals surface area (Å²) in [6.07, 6.45) is 0.919. The molecule has 13 nitrogen and oxygen atoms in total. The average Bonchev–Trinajstić information content (AvgIpc) is 2.71. The van der Waals surface area contributed by atoms with E-state index >= 15 is 0 Å². The van der Waals surface area contributed by atoms with Crippen molar-refractivity contribution < 1.29 is 54.2 Å². The van der Waals surface area contributed by atoms with Gasteiger partial charge in [-0.25, -0.2) is 4.79 Å². The van der Waals surface area contributed by atoms with Crippen molar-refractivity contribution in [3.05, 3.63) is 4.91 Å². The zero-order valence-corrected chi connectivity index (χ0v) is 18.1. The van der Waals surface area contributed by atoms with Gasteiger partial charge in [-0.1, -0.05) is 6.92 Å². The first-order chi connectivity index (χ1) is 15.6. The average molecular weight is 469 g/mol. The molecule has 1 N–H and O–H groups in total. The second-order valence-electron chi connectivity index (χ2n) is 6.03. The van der Waals surface area contributed by atoms with E-state index in [9.17, 15) is 19.2 Å². The smallest absolute Gasteiger partial charge is 0.463 e. The number of carbonyl (C=O) groups is 4. The predicted octanol–water partition coefficient (Wildman–Crippen LogP) is 0.913. The van der Waals surface area contributed by atoms with Gasteiger partial charge in [0.25, 0.3) is 0 Å². The third-order valence-corrected chi connectivity index (χ3v) is 3.66. The van der Waals surface area contributed by atoms with Crippen LogP contribution in [0.4, 0.5) is 4.79 Å². The molecule has 0 bridgehead atoms. The number of terminal acetylenes is 1. The first-order valence-electron chi connectivity index (χ1n) is 9.00. The van der Waals surface area contributed by atoms with Gasteiger partial charge >= 0.3 is 24.1 Å². The lowest BCUT2D eigenvalue weighted by molar-refractivity contribution is -0.284. The van der Waals surface area contributed by atoms with Crippen LogP contribution in [0.2, 0.25) is 0 Å². The molecule has 0 aromatic heterocycles. The molecule has 1 aliphatic rings. The number of carbonyl (C=O) groups excluding carboxylic acids is 4. The van der Waals surface area contributed by atoms with Gasteiger partial charge in [0.2, 0.25) is 12.4 Å². The summed E-state index contributed by atoms with van der Waals surface area (Å²) in [4.78, 5) is 54.2. The van der Waals surface area contributed by atoms with E-state index in [1.165, 1.54) is 12.3 Å². The van der Waals surface area contributed by atoms with Crippen LogP contribution in [0.5, 0.6) is 0 Å². The van der Waals surface area contributed by atoms with Gasteiger partial charge < -0.3 is 33.6 Å². The quantitative estimate of drug-likeness (QED) is 0.198. The topological polar surface area (TPSA) is 173 Å². The molecule has 0 aromatic rings. The molecule has 5 atom stereocenters. The summed E-state index contributed by atoms with van der Waals surface area (Å²) < 4.78 is 30.6. The number of ether oxygens (including phenoxy) is 6. The van der Waals surface area contributed by atoms with Crippen LogP contribution in [0.15, 0.2) is 5.34 Å². The molecule has 13 heteroatoms. The SMILES string of the molecule is C#CC#CC#COC(=O)O[C@H]1[C@H](C)[C@@H](COC(C)=O)O[C@H](OC(C)=O)[C@H]1OC(C)=O.O=NO.[HH]. The maximum absolute atomic E-state index is 12.0. The summed E-state index contributed by atoms with van der Waals surface area (Å²) in [7, 11) is 0. The minimum absolute atomic E-state index is 0. The van der Waals surface area contributed by atoms with Crippen LogP contribution in [-0.2, 0) is 42.8 Å². The van der Waals surface area contributed by atoms with Gasteiger partial charge in [0.1, 0.15) is 18.8 Å². The third kappa shape index (κ3) is 11.6. The number of rotatable bonds is 5. The standard InChI is InChI=1S/C20H20O10.HNO2.H2/c1-6-7-8-9-10-25-20(24)30-17-12(2)16(11-26-13(3)21)29-19(28-15(5)23)18(17)27-14(4)22;2-1-3;/h1,12,16-19H,11H2,2-5H3;(H,2,3);1H/t12-,16-,17+,18+,19+;;/m1../s1. The van der Waals surface area contributed by atoms with Crippen LogP contribution in [0.1, 0.15) is 29.1 Å². The molecule has 1 fully saturated rings. The Balaban J connectivity index is 0. The van der Waals surface area contributed by atoms with Crippen LogP contribution in [0, 0.1) is 47.0 Å². The highest BCUT2D eigenvalue weighted by Crippen LogP contribution is 2.31. The third-order valence-electron chi connectivity index (χ3n) is 3.66. The Morgan fingerprint density at radius 1 is 1.00 bits per heavy atom. The molecular formula is C20H23NO12. The van der Waals surface area contributed by atoms with Crippen LogP contribution in [-0.4, -0.2) is 60.5 Å². The molecule has 0 radical (unpaired) electrons. The zero-order valence-electron chi connectivity index (χ0n) is 18.1. The molecule has 0 aliphatic carbocycles. The van der Waals surface area contributed by atoms with Crippen molar-refractivity contribution in [3.63, 3.8) is 0 Å². The zero-order chi connectivity index (χ0) is 25.4. The van der Waals surface area contributed by atoms with Gasteiger partial charge in [-0.15, -0.1) is 11.3 Å². The van der Waals surface area contributed by atoms with E-state index in [1.54, 1.807) is 6.92 Å². The van der Waals surface area contributed by atoms with E-state index in [0.717, 1.165) is 13.8 Å². The molecule has 0 amide bonds. The summed E-state index contributed by atoms with van der Waals surface area (Å²) in [5.41, 5.74) is 0. The second-order valence-corrected chi connectivity index (χ2v) is 6.03. The Labute approximate surface area is 190 Å². The summed E-state index contributed by atoms with van der Waals surface area (Å²) in [5, 5.41) is 7.89. The Bertz CT molecular complexity index is 891. The second kappa shape index (κ2) is 15.5. The maximum Gasteiger partial charge on any atom is 0.523 e. The normalized spacial score (nSPS) is 22.5. The summed E-state index contributed by atoms with van der Waals surface area (Å²) >= 11 is 0. The van der Waals surface area contributed by atoms with Crippen molar-refractivity contribution in [1.82, 2.24) is 0 Å². The van der Waals surface area contributed by atoms with E-state index in [0.29, 0.717) is 0 Å². The van der Waals surface area contributed by atoms with Crippen molar-refractivity contribution >= 4 is 24.1 Å². The molecule has 1 aliphatic heterocycles. The molecule has 1 rings (SSSR count). The van der Waals surface area contributed by atoms with Crippen LogP contribution >= 0.6 is 0 Å². The molecule has 0 unspecified atom stereocenters. The number of hydrogen-bond acceptors (Lipinski definition) is 12. The number of hydrogen-bond donors (Lipinski definition) is 1. The van der Waals surface area contributed by atoms with E-state index < -0.39 is 54.6 Å². The molecule has 1 saturated heterocycles. The van der Waals surface area contributed by atoms with Gasteiger partial charge in [0.05, 0.1) is 0 Å². The van der Waals surface area contributed by atoms with Gasteiger partial charge in [-0.05, 0) is 11.8 Å². The van der Waals surface area contributed by atoms with Crippen molar-refractivity contribution in [2.75, 3.05) is 6.61 Å². The fourth-order valence-electron chi connectivity index (χ4n) is 2.47. The predicted molar refractivity (Wildman–Crippen MR) is 107 cm³/mol. The minimum Gasteiger partial charge on any atom is -0.463 e. The van der Waals surface area contributed by atoms with E-state index in [1.807, 2.05) is 12.0 Å². The number of nitrogens with zero attached hydrogens (tertiary/aromatic N) is 1. The lowest BCUT2D eigenvalue weighted by Gasteiger charge is -2.42. The van der Waals surface area contributed by atoms with E-state index in [-0.39, 0.29) is 8.03 Å². The Hall–Kier alpha value is -4.28. The fraction of sp³-hybridized carbons (Fsp3) is 0.500. The largest absolute Gasteiger partial charge is 0.523 e. The maximum atomic E-state index is 12.0. The van der Waals surface area contributed by atoms with E-state index in [2.05, 4.69) is 22.5 Å². The van der Waals surface area contributed by atoms with Crippen molar-refractivity contribution in [2.45, 2.75) is 52.3 Å². The molecule has 180 valence electrons. The van der Waals surface area contributed by atoms with Gasteiger partial charge in [0, 0.05) is 40.0 Å². The first-order valence-corrected chi connectivity index (χ1v) is 9.00. The van der Waals surface area contributed by atoms with Crippen LogP contribution in [0.25, 0.3) is 0 Å². The molecule has 0 aromatic carbocycles. The molecule has 33 heavy (non-hydrogen) atoms. The van der Waals surface area contributed by atoms with Gasteiger partial charge in [-0.3, -0.25) is 14.4 Å². The molecule has 0 spiro atoms. The highest BCUT2D eigenvalue weighted by Gasteiger charge is 2.50. The number of esters is 3. The highest BCUT2D eigenvalue weighted by molar-refractivity contribution is 5.68. The fourth-order valence-corrected chi connectivity index (χ4v) is 2.47. The summed E-state index contributed by atoms with van der Waals surface area (Å²) in [5.74, 6) is 5.91. The van der Waals surface area contributed by atoms with Crippen molar-refractivity contribution in [1.29, 1.82) is 0 Å². The molecule has 1 heterocycles. The van der Waals surface area contributed by atoms with Crippen molar-refractivity contribution in [3.8, 4) is 36.2 Å². The Kier molecular flexibility index (Phi) is 13.5. The van der Waals surface area contributed by atoms with Crippen LogP contribution in [0.3, 0.4) is 0 Å². The highest BCUT2D eigenvalue weighted by atomic mass is 16.8. The lowest BCUT2D eigenvalue weighted by Crippen LogP contribution is -2.58. The summed E-state index contributed by atoms with van der Waals surface area (Å²) in [6.45, 7) is 4.80. The van der Waals surface area contributed by atoms with Gasteiger partial charge in [0.15, 0.2) is 11.4 Å². The van der Waals surface area contributed by atoms with E-state index in [4.69, 9.17) is 40.2 Å². The van der Waals surface area contributed by atoms with Gasteiger partial charge in [-0.2, -0.15) is 0 Å². The lowest BCUT2D eigenvalue weighted by atomic mass is 9.90. The molecule has 0 saturated carbocycles. The minimum atomic E-state index is -1.42. The Morgan fingerprint density at radius 2 is 1.61 bits per heavy atom. The molecular weight excluding hydrogens is 446 g/mol. The monoisotopic (exact) mass is 469 g/mol.